The summed E-state index contributed by atoms with van der Waals surface area (Å²) in [7, 11) is 0. The van der Waals surface area contributed by atoms with E-state index in [0.29, 0.717) is 5.92 Å². The number of aromatic nitrogens is 2. The van der Waals surface area contributed by atoms with Crippen LogP contribution >= 0.6 is 15.9 Å². The summed E-state index contributed by atoms with van der Waals surface area (Å²) in [4.78, 5) is 14.5. The van der Waals surface area contributed by atoms with Gasteiger partial charge in [0.05, 0.1) is 5.69 Å². The minimum atomic E-state index is 0.141. The van der Waals surface area contributed by atoms with Crippen LogP contribution in [0.2, 0.25) is 0 Å². The molecule has 122 valence electrons. The summed E-state index contributed by atoms with van der Waals surface area (Å²) in [6.07, 6.45) is 2.08. The van der Waals surface area contributed by atoms with Crippen molar-refractivity contribution in [2.24, 2.45) is 5.92 Å². The molecule has 1 aliphatic heterocycles. The van der Waals surface area contributed by atoms with Crippen molar-refractivity contribution in [1.82, 2.24) is 14.7 Å². The summed E-state index contributed by atoms with van der Waals surface area (Å²) in [6, 6.07) is 9.72. The van der Waals surface area contributed by atoms with E-state index in [1.807, 2.05) is 36.1 Å². The van der Waals surface area contributed by atoms with Gasteiger partial charge in [0, 0.05) is 35.4 Å². The van der Waals surface area contributed by atoms with Crippen LogP contribution < -0.4 is 0 Å². The molecule has 2 aromatic rings. The van der Waals surface area contributed by atoms with Crippen LogP contribution in [0, 0.1) is 19.8 Å². The highest BCUT2D eigenvalue weighted by molar-refractivity contribution is 9.10. The van der Waals surface area contributed by atoms with Gasteiger partial charge in [-0.3, -0.25) is 9.48 Å². The first-order valence-corrected chi connectivity index (χ1v) is 8.88. The number of aryl methyl sites for hydroxylation is 2. The summed E-state index contributed by atoms with van der Waals surface area (Å²) in [5.41, 5.74) is 3.06. The lowest BCUT2D eigenvalue weighted by molar-refractivity contribution is 0.0681. The largest absolute Gasteiger partial charge is 0.339 e. The van der Waals surface area contributed by atoms with E-state index in [-0.39, 0.29) is 5.91 Å². The Morgan fingerprint density at radius 2 is 1.87 bits per heavy atom. The van der Waals surface area contributed by atoms with Crippen molar-refractivity contribution < 1.29 is 4.79 Å². The SMILES string of the molecule is Cc1cc(C)n(CC2CCN(C(=O)c3ccc(Br)cc3)CC2)n1. The van der Waals surface area contributed by atoms with Crippen LogP contribution in [0.3, 0.4) is 0 Å². The predicted octanol–water partition coefficient (Wildman–Crippen LogP) is 3.81. The lowest BCUT2D eigenvalue weighted by atomic mass is 9.96. The van der Waals surface area contributed by atoms with E-state index in [1.165, 1.54) is 5.69 Å². The molecular weight excluding hydrogens is 354 g/mol. The third kappa shape index (κ3) is 3.83. The highest BCUT2D eigenvalue weighted by Crippen LogP contribution is 2.22. The van der Waals surface area contributed by atoms with Crippen molar-refractivity contribution in [3.63, 3.8) is 0 Å². The fourth-order valence-corrected chi connectivity index (χ4v) is 3.46. The second kappa shape index (κ2) is 6.87. The summed E-state index contributed by atoms with van der Waals surface area (Å²) >= 11 is 3.40. The molecule has 0 aliphatic carbocycles. The zero-order valence-corrected chi connectivity index (χ0v) is 15.2. The monoisotopic (exact) mass is 375 g/mol. The molecule has 2 heterocycles. The van der Waals surface area contributed by atoms with Gasteiger partial charge in [0.1, 0.15) is 0 Å². The second-order valence-corrected chi connectivity index (χ2v) is 7.27. The maximum atomic E-state index is 12.5. The Bertz CT molecular complexity index is 685. The number of hydrogen-bond acceptors (Lipinski definition) is 2. The quantitative estimate of drug-likeness (QED) is 0.817. The standard InChI is InChI=1S/C18H22BrN3O/c1-13-11-14(2)22(20-13)12-15-7-9-21(10-8-15)18(23)16-3-5-17(19)6-4-16/h3-6,11,15H,7-10,12H2,1-2H3. The minimum absolute atomic E-state index is 0.141. The average Bonchev–Trinajstić information content (AvgIpc) is 2.86. The molecule has 3 rings (SSSR count). The summed E-state index contributed by atoms with van der Waals surface area (Å²) in [6.45, 7) is 6.76. The van der Waals surface area contributed by atoms with E-state index in [9.17, 15) is 4.79 Å². The number of carbonyl (C=O) groups excluding carboxylic acids is 1. The summed E-state index contributed by atoms with van der Waals surface area (Å²) in [5, 5.41) is 4.55. The second-order valence-electron chi connectivity index (χ2n) is 6.35. The first-order chi connectivity index (χ1) is 11.0. The number of hydrogen-bond donors (Lipinski definition) is 0. The molecule has 1 aliphatic rings. The van der Waals surface area contributed by atoms with Crippen LogP contribution in [0.1, 0.15) is 34.6 Å². The Balaban J connectivity index is 1.56. The molecule has 0 N–H and O–H groups in total. The number of likely N-dealkylation sites (tertiary alicyclic amines) is 1. The predicted molar refractivity (Wildman–Crippen MR) is 94.5 cm³/mol. The van der Waals surface area contributed by atoms with Gasteiger partial charge in [-0.15, -0.1) is 0 Å². The van der Waals surface area contributed by atoms with E-state index in [4.69, 9.17) is 0 Å². The third-order valence-corrected chi connectivity index (χ3v) is 5.06. The van der Waals surface area contributed by atoms with E-state index in [0.717, 1.165) is 48.2 Å². The molecule has 0 saturated carbocycles. The van der Waals surface area contributed by atoms with Crippen LogP contribution in [0.15, 0.2) is 34.8 Å². The van der Waals surface area contributed by atoms with E-state index in [2.05, 4.69) is 38.7 Å². The molecule has 0 atom stereocenters. The summed E-state index contributed by atoms with van der Waals surface area (Å²) in [5.74, 6) is 0.740. The maximum Gasteiger partial charge on any atom is 0.253 e. The smallest absolute Gasteiger partial charge is 0.253 e. The highest BCUT2D eigenvalue weighted by atomic mass is 79.9. The number of rotatable bonds is 3. The van der Waals surface area contributed by atoms with Gasteiger partial charge in [0.15, 0.2) is 0 Å². The third-order valence-electron chi connectivity index (χ3n) is 4.53. The van der Waals surface area contributed by atoms with Crippen LogP contribution in [0.25, 0.3) is 0 Å². The van der Waals surface area contributed by atoms with Gasteiger partial charge in [0.25, 0.3) is 5.91 Å². The lowest BCUT2D eigenvalue weighted by Crippen LogP contribution is -2.39. The van der Waals surface area contributed by atoms with E-state index >= 15 is 0 Å². The van der Waals surface area contributed by atoms with Crippen molar-refractivity contribution in [1.29, 1.82) is 0 Å². The molecule has 1 saturated heterocycles. The van der Waals surface area contributed by atoms with Gasteiger partial charge in [-0.05, 0) is 62.9 Å². The van der Waals surface area contributed by atoms with Crippen molar-refractivity contribution in [3.05, 3.63) is 51.8 Å². The molecule has 0 spiro atoms. The highest BCUT2D eigenvalue weighted by Gasteiger charge is 2.24. The van der Waals surface area contributed by atoms with Crippen LogP contribution in [0.4, 0.5) is 0 Å². The van der Waals surface area contributed by atoms with Gasteiger partial charge in [-0.1, -0.05) is 15.9 Å². The van der Waals surface area contributed by atoms with Crippen LogP contribution in [-0.2, 0) is 6.54 Å². The zero-order valence-electron chi connectivity index (χ0n) is 13.6. The fourth-order valence-electron chi connectivity index (χ4n) is 3.20. The fraction of sp³-hybridized carbons (Fsp3) is 0.444. The van der Waals surface area contributed by atoms with Crippen LogP contribution in [0.5, 0.6) is 0 Å². The molecule has 4 nitrogen and oxygen atoms in total. The van der Waals surface area contributed by atoms with Gasteiger partial charge in [-0.25, -0.2) is 0 Å². The number of nitrogens with zero attached hydrogens (tertiary/aromatic N) is 3. The topological polar surface area (TPSA) is 38.1 Å². The minimum Gasteiger partial charge on any atom is -0.339 e. The number of halogens is 1. The van der Waals surface area contributed by atoms with Gasteiger partial charge in [-0.2, -0.15) is 5.10 Å². The van der Waals surface area contributed by atoms with Crippen LogP contribution in [-0.4, -0.2) is 33.7 Å². The molecule has 1 amide bonds. The van der Waals surface area contributed by atoms with Gasteiger partial charge < -0.3 is 4.90 Å². The number of piperidine rings is 1. The van der Waals surface area contributed by atoms with E-state index < -0.39 is 0 Å². The maximum absolute atomic E-state index is 12.5. The van der Waals surface area contributed by atoms with Crippen molar-refractivity contribution in [2.45, 2.75) is 33.2 Å². The molecule has 0 bridgehead atoms. The molecule has 1 fully saturated rings. The molecule has 0 unspecified atom stereocenters. The van der Waals surface area contributed by atoms with E-state index in [1.54, 1.807) is 0 Å². The Labute approximate surface area is 145 Å². The van der Waals surface area contributed by atoms with Gasteiger partial charge in [0.2, 0.25) is 0 Å². The first-order valence-electron chi connectivity index (χ1n) is 8.09. The molecule has 1 aromatic heterocycles. The molecule has 5 heteroatoms. The normalized spacial score (nSPS) is 15.9. The van der Waals surface area contributed by atoms with Crippen molar-refractivity contribution >= 4 is 21.8 Å². The van der Waals surface area contributed by atoms with Crippen molar-refractivity contribution in [3.8, 4) is 0 Å². The molecular formula is C18H22BrN3O. The lowest BCUT2D eigenvalue weighted by Gasteiger charge is -2.32. The first kappa shape index (κ1) is 16.2. The summed E-state index contributed by atoms with van der Waals surface area (Å²) < 4.78 is 3.10. The Morgan fingerprint density at radius 1 is 1.22 bits per heavy atom. The molecule has 0 radical (unpaired) electrons. The van der Waals surface area contributed by atoms with Crippen molar-refractivity contribution in [2.75, 3.05) is 13.1 Å². The number of carbonyl (C=O) groups is 1. The Hall–Kier alpha value is -1.62. The molecule has 23 heavy (non-hydrogen) atoms. The van der Waals surface area contributed by atoms with Gasteiger partial charge >= 0.3 is 0 Å². The number of amides is 1. The average molecular weight is 376 g/mol. The molecule has 1 aromatic carbocycles. The Kier molecular flexibility index (Phi) is 4.85. The zero-order chi connectivity index (χ0) is 16.4. The number of benzene rings is 1. The Morgan fingerprint density at radius 3 is 2.43 bits per heavy atom.